The lowest BCUT2D eigenvalue weighted by Gasteiger charge is -2.33. The Morgan fingerprint density at radius 3 is 2.59 bits per heavy atom. The smallest absolute Gasteiger partial charge is 0.410 e. The number of nitrogens with zero attached hydrogens (tertiary/aromatic N) is 4. The number of aryl methyl sites for hydroxylation is 1. The number of likely N-dealkylation sites (tertiary alicyclic amines) is 1. The van der Waals surface area contributed by atoms with E-state index in [1.165, 1.54) is 0 Å². The van der Waals surface area contributed by atoms with Gasteiger partial charge in [-0.05, 0) is 71.1 Å². The van der Waals surface area contributed by atoms with Crippen molar-refractivity contribution >= 4 is 35.0 Å². The van der Waals surface area contributed by atoms with Crippen LogP contribution in [-0.2, 0) is 9.53 Å². The normalized spacial score (nSPS) is 17.2. The summed E-state index contributed by atoms with van der Waals surface area (Å²) in [5.74, 6) is 1.01. The summed E-state index contributed by atoms with van der Waals surface area (Å²) in [6.45, 7) is 11.4. The second kappa shape index (κ2) is 10.7. The van der Waals surface area contributed by atoms with E-state index in [1.807, 2.05) is 52.0 Å². The molecule has 0 bridgehead atoms. The van der Waals surface area contributed by atoms with E-state index in [0.717, 1.165) is 42.1 Å². The predicted octanol–water partition coefficient (Wildman–Crippen LogP) is 4.30. The van der Waals surface area contributed by atoms with Crippen LogP contribution in [0.15, 0.2) is 36.3 Å². The molecule has 2 aromatic rings. The van der Waals surface area contributed by atoms with Crippen LogP contribution in [0.1, 0.15) is 58.2 Å². The van der Waals surface area contributed by atoms with Crippen molar-refractivity contribution in [1.82, 2.24) is 14.9 Å². The van der Waals surface area contributed by atoms with Crippen LogP contribution in [0.4, 0.5) is 22.1 Å². The van der Waals surface area contributed by atoms with Crippen LogP contribution in [0.3, 0.4) is 0 Å². The summed E-state index contributed by atoms with van der Waals surface area (Å²) in [6, 6.07) is 8.02. The molecule has 2 aliphatic heterocycles. The van der Waals surface area contributed by atoms with E-state index in [9.17, 15) is 9.59 Å². The number of hydrogen-bond donors (Lipinski definition) is 3. The number of carbonyl (C=O) groups excluding carboxylic acids is 2. The largest absolute Gasteiger partial charge is 0.444 e. The van der Waals surface area contributed by atoms with Gasteiger partial charge in [0.25, 0.3) is 0 Å². The Kier molecular flexibility index (Phi) is 7.56. The molecule has 4 N–H and O–H groups in total. The van der Waals surface area contributed by atoms with Gasteiger partial charge in [0.2, 0.25) is 11.9 Å². The van der Waals surface area contributed by atoms with Gasteiger partial charge < -0.3 is 25.6 Å². The Morgan fingerprint density at radius 1 is 1.22 bits per heavy atom. The van der Waals surface area contributed by atoms with Crippen molar-refractivity contribution in [1.29, 1.82) is 0 Å². The van der Waals surface area contributed by atoms with E-state index in [1.54, 1.807) is 11.1 Å². The summed E-state index contributed by atoms with van der Waals surface area (Å²) in [4.78, 5) is 37.8. The van der Waals surface area contributed by atoms with Gasteiger partial charge in [0, 0.05) is 32.3 Å². The van der Waals surface area contributed by atoms with Crippen LogP contribution in [0.25, 0.3) is 5.70 Å². The first-order valence-corrected chi connectivity index (χ1v) is 12.8. The number of piperidine rings is 1. The van der Waals surface area contributed by atoms with E-state index >= 15 is 0 Å². The first-order chi connectivity index (χ1) is 17.6. The lowest BCUT2D eigenvalue weighted by Crippen LogP contribution is -2.42. The molecule has 4 rings (SSSR count). The number of para-hydroxylation sites is 2. The number of ether oxygens (including phenoxy) is 1. The molecule has 1 aromatic heterocycles. The average molecular weight is 508 g/mol. The molecular weight excluding hydrogens is 470 g/mol. The molecule has 0 spiro atoms. The van der Waals surface area contributed by atoms with E-state index in [4.69, 9.17) is 10.5 Å². The summed E-state index contributed by atoms with van der Waals surface area (Å²) >= 11 is 0. The van der Waals surface area contributed by atoms with E-state index < -0.39 is 5.60 Å². The second-order valence-electron chi connectivity index (χ2n) is 10.5. The fourth-order valence-corrected chi connectivity index (χ4v) is 4.64. The van der Waals surface area contributed by atoms with Crippen LogP contribution in [0.2, 0.25) is 0 Å². The lowest BCUT2D eigenvalue weighted by atomic mass is 9.93. The summed E-state index contributed by atoms with van der Waals surface area (Å²) in [6.07, 6.45) is 3.19. The van der Waals surface area contributed by atoms with E-state index in [-0.39, 0.29) is 23.9 Å². The molecule has 1 saturated heterocycles. The van der Waals surface area contributed by atoms with Gasteiger partial charge in [0.1, 0.15) is 11.4 Å². The molecular formula is C27H37N7O3. The Hall–Kier alpha value is -3.82. The van der Waals surface area contributed by atoms with Crippen molar-refractivity contribution in [2.75, 3.05) is 35.2 Å². The van der Waals surface area contributed by atoms with Crippen LogP contribution >= 0.6 is 0 Å². The molecule has 2 amide bonds. The van der Waals surface area contributed by atoms with Gasteiger partial charge in [-0.2, -0.15) is 0 Å². The van der Waals surface area contributed by atoms with Crippen LogP contribution in [0, 0.1) is 12.8 Å². The van der Waals surface area contributed by atoms with Crippen molar-refractivity contribution in [3.63, 3.8) is 0 Å². The number of benzene rings is 1. The summed E-state index contributed by atoms with van der Waals surface area (Å²) in [5.41, 5.74) is 10.00. The predicted molar refractivity (Wildman–Crippen MR) is 145 cm³/mol. The molecule has 1 fully saturated rings. The Labute approximate surface area is 218 Å². The first kappa shape index (κ1) is 26.2. The molecule has 198 valence electrons. The Bertz CT molecular complexity index is 1200. The number of anilines is 3. The van der Waals surface area contributed by atoms with Gasteiger partial charge in [-0.3, -0.25) is 10.1 Å². The minimum Gasteiger partial charge on any atom is -0.444 e. The van der Waals surface area contributed by atoms with Gasteiger partial charge in [0.05, 0.1) is 22.8 Å². The van der Waals surface area contributed by atoms with E-state index in [0.29, 0.717) is 30.9 Å². The molecule has 0 aliphatic carbocycles. The highest BCUT2D eigenvalue weighted by molar-refractivity contribution is 5.90. The average Bonchev–Trinajstić information content (AvgIpc) is 3.23. The zero-order chi connectivity index (χ0) is 26.7. The lowest BCUT2D eigenvalue weighted by molar-refractivity contribution is -0.117. The van der Waals surface area contributed by atoms with Gasteiger partial charge in [-0.25, -0.2) is 14.8 Å². The number of nitrogens with one attached hydrogen (secondary N) is 2. The molecule has 0 atom stereocenters. The minimum absolute atomic E-state index is 0.154. The van der Waals surface area contributed by atoms with Crippen LogP contribution in [-0.4, -0.2) is 52.1 Å². The summed E-state index contributed by atoms with van der Waals surface area (Å²) in [5, 5.41) is 6.23. The zero-order valence-corrected chi connectivity index (χ0v) is 22.3. The molecule has 37 heavy (non-hydrogen) atoms. The fraction of sp³-hybridized carbons (Fsp3) is 0.481. The van der Waals surface area contributed by atoms with E-state index in [2.05, 4.69) is 32.4 Å². The minimum atomic E-state index is -0.521. The molecule has 1 aromatic carbocycles. The van der Waals surface area contributed by atoms with Crippen molar-refractivity contribution in [2.24, 2.45) is 11.7 Å². The van der Waals surface area contributed by atoms with Crippen molar-refractivity contribution < 1.29 is 14.3 Å². The van der Waals surface area contributed by atoms with Gasteiger partial charge in [-0.15, -0.1) is 0 Å². The third-order valence-corrected chi connectivity index (χ3v) is 6.51. The number of aromatic nitrogens is 2. The molecule has 2 aliphatic rings. The molecule has 10 nitrogen and oxygen atoms in total. The van der Waals surface area contributed by atoms with Crippen molar-refractivity contribution in [2.45, 2.75) is 59.5 Å². The summed E-state index contributed by atoms with van der Waals surface area (Å²) < 4.78 is 5.45. The maximum atomic E-state index is 12.8. The number of nitrogens with two attached hydrogens (primary N) is 1. The van der Waals surface area contributed by atoms with Gasteiger partial charge in [0.15, 0.2) is 0 Å². The number of rotatable bonds is 5. The van der Waals surface area contributed by atoms with Crippen LogP contribution < -0.4 is 21.3 Å². The SMILES string of the molecule is CCN1/C(=C(\N)c2nc(NC(=O)CC3CCN(C(=O)OC(C)(C)C)CC3)ncc2C)Nc2ccccc21. The highest BCUT2D eigenvalue weighted by atomic mass is 16.6. The quantitative estimate of drug-likeness (QED) is 0.547. The van der Waals surface area contributed by atoms with Gasteiger partial charge in [-0.1, -0.05) is 12.1 Å². The monoisotopic (exact) mass is 507 g/mol. The maximum absolute atomic E-state index is 12.8. The number of amides is 2. The second-order valence-corrected chi connectivity index (χ2v) is 10.5. The fourth-order valence-electron chi connectivity index (χ4n) is 4.64. The molecule has 0 saturated carbocycles. The highest BCUT2D eigenvalue weighted by Gasteiger charge is 2.29. The van der Waals surface area contributed by atoms with Crippen molar-refractivity contribution in [3.05, 3.63) is 47.5 Å². The number of fused-ring (bicyclic) bond motifs is 1. The Morgan fingerprint density at radius 2 is 1.92 bits per heavy atom. The zero-order valence-electron chi connectivity index (χ0n) is 22.3. The van der Waals surface area contributed by atoms with Gasteiger partial charge >= 0.3 is 6.09 Å². The standard InChI is InChI=1S/C27H37N7O3/c1-6-34-20-10-8-7-9-19(20)30-24(34)22(28)23-17(2)16-29-25(32-23)31-21(35)15-18-11-13-33(14-12-18)26(36)37-27(3,4)5/h7-10,16,18,30H,6,11-15,28H2,1-5H3,(H,29,31,32,35)/b24-22-. The maximum Gasteiger partial charge on any atom is 0.410 e. The summed E-state index contributed by atoms with van der Waals surface area (Å²) in [7, 11) is 0. The molecule has 0 radical (unpaired) electrons. The van der Waals surface area contributed by atoms with Crippen LogP contribution in [0.5, 0.6) is 0 Å². The Balaban J connectivity index is 1.39. The molecule has 3 heterocycles. The van der Waals surface area contributed by atoms with Crippen molar-refractivity contribution in [3.8, 4) is 0 Å². The highest BCUT2D eigenvalue weighted by Crippen LogP contribution is 2.37. The molecule has 0 unspecified atom stereocenters. The third-order valence-electron chi connectivity index (χ3n) is 6.51. The number of hydrogen-bond acceptors (Lipinski definition) is 8. The number of carbonyl (C=O) groups is 2. The molecule has 10 heteroatoms. The topological polar surface area (TPSA) is 126 Å². The third kappa shape index (κ3) is 6.12. The first-order valence-electron chi connectivity index (χ1n) is 12.8.